The molecule has 1 saturated carbocycles. The largest absolute Gasteiger partial charge is 0.365 e. The van der Waals surface area contributed by atoms with Crippen LogP contribution in [-0.4, -0.2) is 28.7 Å². The molecule has 2 fully saturated rings. The zero-order valence-corrected chi connectivity index (χ0v) is 14.0. The number of benzene rings is 1. The van der Waals surface area contributed by atoms with Crippen LogP contribution in [0.2, 0.25) is 0 Å². The van der Waals surface area contributed by atoms with Crippen LogP contribution in [-0.2, 0) is 7.05 Å². The van der Waals surface area contributed by atoms with Crippen LogP contribution < -0.4 is 10.2 Å². The molecule has 1 aromatic carbocycles. The third-order valence-corrected chi connectivity index (χ3v) is 5.47. The summed E-state index contributed by atoms with van der Waals surface area (Å²) in [4.78, 5) is 2.67. The monoisotopic (exact) mass is 297 g/mol. The van der Waals surface area contributed by atoms with Gasteiger partial charge in [-0.3, -0.25) is 0 Å². The Kier molecular flexibility index (Phi) is 3.23. The molecule has 1 aliphatic heterocycles. The van der Waals surface area contributed by atoms with Gasteiger partial charge >= 0.3 is 0 Å². The van der Waals surface area contributed by atoms with Crippen molar-refractivity contribution in [3.05, 3.63) is 30.5 Å². The van der Waals surface area contributed by atoms with Gasteiger partial charge in [0.05, 0.1) is 0 Å². The maximum Gasteiger partial charge on any atom is 0.0479 e. The number of fused-ring (bicyclic) bond motifs is 2. The molecule has 2 heterocycles. The lowest BCUT2D eigenvalue weighted by molar-refractivity contribution is 0.199. The summed E-state index contributed by atoms with van der Waals surface area (Å²) in [5.74, 6) is 0. The van der Waals surface area contributed by atoms with Crippen molar-refractivity contribution in [1.82, 2.24) is 9.88 Å². The Hall–Kier alpha value is -1.48. The molecule has 2 aromatic rings. The van der Waals surface area contributed by atoms with Gasteiger partial charge in [0.1, 0.15) is 0 Å². The summed E-state index contributed by atoms with van der Waals surface area (Å²) in [6, 6.07) is 10.5. The summed E-state index contributed by atoms with van der Waals surface area (Å²) in [7, 11) is 2.12. The van der Waals surface area contributed by atoms with E-state index in [0.29, 0.717) is 12.1 Å². The number of aromatic nitrogens is 1. The van der Waals surface area contributed by atoms with E-state index < -0.39 is 0 Å². The first-order valence-electron chi connectivity index (χ1n) is 8.63. The van der Waals surface area contributed by atoms with Crippen molar-refractivity contribution >= 4 is 16.6 Å². The summed E-state index contributed by atoms with van der Waals surface area (Å²) in [6.07, 6.45) is 7.53. The van der Waals surface area contributed by atoms with Gasteiger partial charge in [0.2, 0.25) is 0 Å². The average Bonchev–Trinajstić information content (AvgIpc) is 2.86. The molecule has 0 radical (unpaired) electrons. The summed E-state index contributed by atoms with van der Waals surface area (Å²) < 4.78 is 2.20. The number of piperazine rings is 1. The summed E-state index contributed by atoms with van der Waals surface area (Å²) in [5, 5.41) is 5.24. The topological polar surface area (TPSA) is 20.2 Å². The molecule has 22 heavy (non-hydrogen) atoms. The molecular weight excluding hydrogens is 270 g/mol. The molecule has 1 saturated heterocycles. The minimum Gasteiger partial charge on any atom is -0.365 e. The predicted molar refractivity (Wildman–Crippen MR) is 93.5 cm³/mol. The molecule has 0 spiro atoms. The zero-order valence-electron chi connectivity index (χ0n) is 14.0. The molecule has 1 aromatic heterocycles. The zero-order chi connectivity index (χ0) is 15.3. The van der Waals surface area contributed by atoms with Gasteiger partial charge in [-0.15, -0.1) is 0 Å². The fourth-order valence-corrected chi connectivity index (χ4v) is 4.47. The normalized spacial score (nSPS) is 27.9. The number of anilines is 1. The number of nitrogens with zero attached hydrogens (tertiary/aromatic N) is 2. The number of aryl methyl sites for hydroxylation is 1. The van der Waals surface area contributed by atoms with Crippen molar-refractivity contribution in [2.45, 2.75) is 57.2 Å². The van der Waals surface area contributed by atoms with E-state index in [1.54, 1.807) is 0 Å². The highest BCUT2D eigenvalue weighted by molar-refractivity contribution is 5.84. The van der Waals surface area contributed by atoms with Crippen LogP contribution in [0.4, 0.5) is 5.69 Å². The van der Waals surface area contributed by atoms with Crippen LogP contribution in [0.15, 0.2) is 30.5 Å². The summed E-state index contributed by atoms with van der Waals surface area (Å²) in [5.41, 5.74) is 2.90. The van der Waals surface area contributed by atoms with E-state index in [2.05, 4.69) is 66.1 Å². The third-order valence-electron chi connectivity index (χ3n) is 5.47. The SMILES string of the molecule is Cn1ccc2cc(N3CC(C)(C)N[C@@H]4CCCC[C@@H]43)ccc21. The standard InChI is InChI=1S/C19H27N3/c1-19(2)13-22(18-7-5-4-6-16(18)20-19)15-8-9-17-14(12-15)10-11-21(17)3/h8-12,16,18,20H,4-7,13H2,1-3H3/t16-,18+/m1/s1. The van der Waals surface area contributed by atoms with E-state index in [0.717, 1.165) is 6.54 Å². The molecule has 2 aliphatic rings. The summed E-state index contributed by atoms with van der Waals surface area (Å²) >= 11 is 0. The molecule has 0 unspecified atom stereocenters. The van der Waals surface area contributed by atoms with Crippen LogP contribution in [0.25, 0.3) is 10.9 Å². The first-order valence-corrected chi connectivity index (χ1v) is 8.63. The van der Waals surface area contributed by atoms with E-state index in [1.165, 1.54) is 42.3 Å². The predicted octanol–water partition coefficient (Wildman–Crippen LogP) is 3.68. The molecule has 2 atom stereocenters. The maximum absolute atomic E-state index is 3.89. The Morgan fingerprint density at radius 1 is 1.14 bits per heavy atom. The van der Waals surface area contributed by atoms with Gasteiger partial charge < -0.3 is 14.8 Å². The smallest absolute Gasteiger partial charge is 0.0479 e. The van der Waals surface area contributed by atoms with Crippen molar-refractivity contribution in [3.8, 4) is 0 Å². The fourth-order valence-electron chi connectivity index (χ4n) is 4.47. The second kappa shape index (κ2) is 5.02. The minimum atomic E-state index is 0.185. The van der Waals surface area contributed by atoms with E-state index >= 15 is 0 Å². The van der Waals surface area contributed by atoms with Crippen molar-refractivity contribution in [1.29, 1.82) is 0 Å². The molecule has 0 amide bonds. The van der Waals surface area contributed by atoms with Crippen molar-refractivity contribution in [2.75, 3.05) is 11.4 Å². The van der Waals surface area contributed by atoms with Crippen molar-refractivity contribution in [2.24, 2.45) is 7.05 Å². The first kappa shape index (κ1) is 14.1. The lowest BCUT2D eigenvalue weighted by Gasteiger charge is -2.52. The average molecular weight is 297 g/mol. The van der Waals surface area contributed by atoms with E-state index in [9.17, 15) is 0 Å². The highest BCUT2D eigenvalue weighted by Crippen LogP contribution is 2.34. The Morgan fingerprint density at radius 3 is 2.82 bits per heavy atom. The molecule has 1 aliphatic carbocycles. The van der Waals surface area contributed by atoms with Crippen molar-refractivity contribution < 1.29 is 0 Å². The van der Waals surface area contributed by atoms with Gasteiger partial charge in [-0.05, 0) is 51.0 Å². The molecule has 3 nitrogen and oxygen atoms in total. The quantitative estimate of drug-likeness (QED) is 0.866. The molecular formula is C19H27N3. The van der Waals surface area contributed by atoms with Gasteiger partial charge in [-0.25, -0.2) is 0 Å². The van der Waals surface area contributed by atoms with E-state index in [-0.39, 0.29) is 5.54 Å². The van der Waals surface area contributed by atoms with Gasteiger partial charge in [0.25, 0.3) is 0 Å². The van der Waals surface area contributed by atoms with Crippen LogP contribution >= 0.6 is 0 Å². The van der Waals surface area contributed by atoms with Crippen molar-refractivity contribution in [3.63, 3.8) is 0 Å². The van der Waals surface area contributed by atoms with Crippen LogP contribution in [0.5, 0.6) is 0 Å². The Bertz CT molecular complexity index is 685. The summed E-state index contributed by atoms with van der Waals surface area (Å²) in [6.45, 7) is 5.77. The Morgan fingerprint density at radius 2 is 1.95 bits per heavy atom. The Balaban J connectivity index is 1.73. The number of hydrogen-bond acceptors (Lipinski definition) is 2. The molecule has 4 rings (SSSR count). The van der Waals surface area contributed by atoms with Gasteiger partial charge in [-0.1, -0.05) is 12.8 Å². The fraction of sp³-hybridized carbons (Fsp3) is 0.579. The third kappa shape index (κ3) is 2.32. The van der Waals surface area contributed by atoms with Crippen LogP contribution in [0.3, 0.4) is 0 Å². The van der Waals surface area contributed by atoms with Crippen LogP contribution in [0, 0.1) is 0 Å². The number of rotatable bonds is 1. The minimum absolute atomic E-state index is 0.185. The number of nitrogens with one attached hydrogen (secondary N) is 1. The molecule has 0 bridgehead atoms. The second-order valence-corrected chi connectivity index (χ2v) is 7.78. The first-order chi connectivity index (χ1) is 10.5. The van der Waals surface area contributed by atoms with Crippen LogP contribution in [0.1, 0.15) is 39.5 Å². The highest BCUT2D eigenvalue weighted by Gasteiger charge is 2.40. The lowest BCUT2D eigenvalue weighted by Crippen LogP contribution is -2.67. The van der Waals surface area contributed by atoms with Gasteiger partial charge in [0, 0.05) is 54.0 Å². The Labute approximate surface area is 133 Å². The maximum atomic E-state index is 3.89. The van der Waals surface area contributed by atoms with E-state index in [1.807, 2.05) is 0 Å². The molecule has 118 valence electrons. The highest BCUT2D eigenvalue weighted by atomic mass is 15.3. The molecule has 1 N–H and O–H groups in total. The van der Waals surface area contributed by atoms with E-state index in [4.69, 9.17) is 0 Å². The second-order valence-electron chi connectivity index (χ2n) is 7.78. The molecule has 3 heteroatoms. The van der Waals surface area contributed by atoms with Gasteiger partial charge in [-0.2, -0.15) is 0 Å². The van der Waals surface area contributed by atoms with Gasteiger partial charge in [0.15, 0.2) is 0 Å². The number of hydrogen-bond donors (Lipinski definition) is 1. The lowest BCUT2D eigenvalue weighted by atomic mass is 9.83.